The Morgan fingerprint density at radius 3 is 1.50 bits per heavy atom. The summed E-state index contributed by atoms with van der Waals surface area (Å²) in [6, 6.07) is 0. The third kappa shape index (κ3) is 3.02. The van der Waals surface area contributed by atoms with Crippen LogP contribution in [0.4, 0.5) is 0 Å². The molecule has 0 fully saturated rings. The molecule has 16 heavy (non-hydrogen) atoms. The fraction of sp³-hybridized carbons (Fsp3) is 1.00. The summed E-state index contributed by atoms with van der Waals surface area (Å²) >= 11 is 0. The number of hydrogen-bond donors (Lipinski definition) is 0. The van der Waals surface area contributed by atoms with Crippen molar-refractivity contribution in [3.05, 3.63) is 0 Å². The lowest BCUT2D eigenvalue weighted by molar-refractivity contribution is -0.0419. The Morgan fingerprint density at radius 2 is 1.31 bits per heavy atom. The summed E-state index contributed by atoms with van der Waals surface area (Å²) in [5.74, 6) is 0.755. The smallest absolute Gasteiger partial charge is 0.0221 e. The van der Waals surface area contributed by atoms with Crippen LogP contribution in [-0.2, 0) is 0 Å². The maximum Gasteiger partial charge on any atom is -0.0221 e. The highest BCUT2D eigenvalue weighted by Gasteiger charge is 2.47. The molecule has 0 nitrogen and oxygen atoms in total. The molecule has 0 aliphatic carbocycles. The Balaban J connectivity index is 5.37. The molecular formula is C16H34. The highest BCUT2D eigenvalue weighted by molar-refractivity contribution is 4.96. The van der Waals surface area contributed by atoms with E-state index >= 15 is 0 Å². The van der Waals surface area contributed by atoms with Crippen molar-refractivity contribution in [3.8, 4) is 0 Å². The first-order valence-electron chi connectivity index (χ1n) is 7.03. The minimum absolute atomic E-state index is 0.393. The summed E-state index contributed by atoms with van der Waals surface area (Å²) in [5, 5.41) is 0. The van der Waals surface area contributed by atoms with Crippen molar-refractivity contribution in [1.82, 2.24) is 0 Å². The van der Waals surface area contributed by atoms with Gasteiger partial charge in [-0.05, 0) is 35.0 Å². The van der Waals surface area contributed by atoms with Crippen molar-refractivity contribution < 1.29 is 0 Å². The van der Waals surface area contributed by atoms with E-state index in [1.54, 1.807) is 0 Å². The van der Waals surface area contributed by atoms with Crippen LogP contribution in [0.3, 0.4) is 0 Å². The molecule has 0 amide bonds. The Labute approximate surface area is 104 Å². The van der Waals surface area contributed by atoms with Gasteiger partial charge in [0.2, 0.25) is 0 Å². The molecule has 0 heterocycles. The molecule has 0 saturated carbocycles. The normalized spacial score (nSPS) is 19.3. The molecule has 0 heteroatoms. The number of hydrogen-bond acceptors (Lipinski definition) is 0. The van der Waals surface area contributed by atoms with Crippen molar-refractivity contribution >= 4 is 0 Å². The average Bonchev–Trinajstić information content (AvgIpc) is 2.09. The highest BCUT2D eigenvalue weighted by Crippen LogP contribution is 2.55. The molecule has 2 atom stereocenters. The summed E-state index contributed by atoms with van der Waals surface area (Å²) in [5.41, 5.74) is 1.27. The van der Waals surface area contributed by atoms with E-state index in [4.69, 9.17) is 0 Å². The molecule has 98 valence electrons. The Kier molecular flexibility index (Phi) is 5.10. The first kappa shape index (κ1) is 16.0. The fourth-order valence-corrected chi connectivity index (χ4v) is 3.53. The van der Waals surface area contributed by atoms with Crippen LogP contribution in [0.15, 0.2) is 0 Å². The van der Waals surface area contributed by atoms with Crippen molar-refractivity contribution in [2.75, 3.05) is 0 Å². The molecule has 0 spiro atoms. The fourth-order valence-electron chi connectivity index (χ4n) is 3.53. The molecule has 0 bridgehead atoms. The van der Waals surface area contributed by atoms with Gasteiger partial charge in [-0.15, -0.1) is 0 Å². The van der Waals surface area contributed by atoms with E-state index in [-0.39, 0.29) is 0 Å². The quantitative estimate of drug-likeness (QED) is 0.559. The second kappa shape index (κ2) is 5.10. The molecular weight excluding hydrogens is 192 g/mol. The second-order valence-electron chi connectivity index (χ2n) is 7.60. The zero-order valence-electron chi connectivity index (χ0n) is 13.2. The average molecular weight is 226 g/mol. The maximum atomic E-state index is 2.46. The Hall–Kier alpha value is 0. The first-order chi connectivity index (χ1) is 7.03. The third-order valence-electron chi connectivity index (χ3n) is 4.95. The first-order valence-corrected chi connectivity index (χ1v) is 7.03. The van der Waals surface area contributed by atoms with Crippen LogP contribution in [-0.4, -0.2) is 0 Å². The van der Waals surface area contributed by atoms with Gasteiger partial charge in [-0.1, -0.05) is 68.7 Å². The second-order valence-corrected chi connectivity index (χ2v) is 7.60. The Morgan fingerprint density at radius 1 is 0.875 bits per heavy atom. The van der Waals surface area contributed by atoms with Crippen LogP contribution in [0.2, 0.25) is 0 Å². The van der Waals surface area contributed by atoms with E-state index < -0.39 is 0 Å². The SMILES string of the molecule is CCCC(CC)(C(C)C(C)(C)C)C(C)(C)C. The molecule has 0 N–H and O–H groups in total. The van der Waals surface area contributed by atoms with Crippen molar-refractivity contribution in [2.45, 2.75) is 81.6 Å². The highest BCUT2D eigenvalue weighted by atomic mass is 14.5. The molecule has 0 aliphatic rings. The molecule has 0 radical (unpaired) electrons. The summed E-state index contributed by atoms with van der Waals surface area (Å²) < 4.78 is 0. The minimum atomic E-state index is 0.393. The van der Waals surface area contributed by atoms with Gasteiger partial charge < -0.3 is 0 Å². The molecule has 0 aromatic rings. The maximum absolute atomic E-state index is 2.46. The minimum Gasteiger partial charge on any atom is -0.0654 e. The lowest BCUT2D eigenvalue weighted by Crippen LogP contribution is -2.45. The van der Waals surface area contributed by atoms with Gasteiger partial charge in [0.15, 0.2) is 0 Å². The van der Waals surface area contributed by atoms with Crippen LogP contribution in [0.5, 0.6) is 0 Å². The molecule has 0 aliphatic heterocycles. The summed E-state index contributed by atoms with van der Waals surface area (Å²) in [6.45, 7) is 21.6. The van der Waals surface area contributed by atoms with Crippen LogP contribution in [0.1, 0.15) is 81.6 Å². The van der Waals surface area contributed by atoms with Gasteiger partial charge in [-0.2, -0.15) is 0 Å². The van der Waals surface area contributed by atoms with E-state index in [0.29, 0.717) is 16.2 Å². The lowest BCUT2D eigenvalue weighted by atomic mass is 9.51. The van der Waals surface area contributed by atoms with E-state index in [9.17, 15) is 0 Å². The standard InChI is InChI=1S/C16H34/c1-10-12-16(11-2,15(7,8)9)13(3)14(4,5)6/h13H,10-12H2,1-9H3. The topological polar surface area (TPSA) is 0 Å². The Bertz CT molecular complexity index is 201. The van der Waals surface area contributed by atoms with Gasteiger partial charge >= 0.3 is 0 Å². The van der Waals surface area contributed by atoms with Crippen LogP contribution in [0, 0.1) is 22.2 Å². The molecule has 0 aromatic heterocycles. The predicted octanol–water partition coefficient (Wildman–Crippen LogP) is 5.91. The van der Waals surface area contributed by atoms with Gasteiger partial charge in [0, 0.05) is 0 Å². The van der Waals surface area contributed by atoms with E-state index in [1.165, 1.54) is 19.3 Å². The van der Waals surface area contributed by atoms with Crippen LogP contribution in [0.25, 0.3) is 0 Å². The lowest BCUT2D eigenvalue weighted by Gasteiger charge is -2.53. The van der Waals surface area contributed by atoms with Gasteiger partial charge in [0.1, 0.15) is 0 Å². The summed E-state index contributed by atoms with van der Waals surface area (Å²) in [7, 11) is 0. The van der Waals surface area contributed by atoms with Gasteiger partial charge in [0.05, 0.1) is 0 Å². The molecule has 0 aromatic carbocycles. The predicted molar refractivity (Wildman–Crippen MR) is 75.7 cm³/mol. The van der Waals surface area contributed by atoms with Crippen LogP contribution < -0.4 is 0 Å². The zero-order valence-corrected chi connectivity index (χ0v) is 13.2. The number of rotatable bonds is 4. The van der Waals surface area contributed by atoms with E-state index in [0.717, 1.165) is 5.92 Å². The van der Waals surface area contributed by atoms with Gasteiger partial charge in [-0.3, -0.25) is 0 Å². The van der Waals surface area contributed by atoms with Gasteiger partial charge in [0.25, 0.3) is 0 Å². The van der Waals surface area contributed by atoms with Gasteiger partial charge in [-0.25, -0.2) is 0 Å². The summed E-state index contributed by atoms with van der Waals surface area (Å²) in [4.78, 5) is 0. The monoisotopic (exact) mass is 226 g/mol. The summed E-state index contributed by atoms with van der Waals surface area (Å²) in [6.07, 6.45) is 3.94. The largest absolute Gasteiger partial charge is 0.0654 e. The molecule has 0 rings (SSSR count). The molecule has 0 saturated heterocycles. The van der Waals surface area contributed by atoms with Crippen molar-refractivity contribution in [3.63, 3.8) is 0 Å². The van der Waals surface area contributed by atoms with Crippen molar-refractivity contribution in [1.29, 1.82) is 0 Å². The van der Waals surface area contributed by atoms with E-state index in [1.807, 2.05) is 0 Å². The third-order valence-corrected chi connectivity index (χ3v) is 4.95. The zero-order chi connectivity index (χ0) is 13.2. The molecule has 2 unspecified atom stereocenters. The van der Waals surface area contributed by atoms with E-state index in [2.05, 4.69) is 62.3 Å². The van der Waals surface area contributed by atoms with Crippen LogP contribution >= 0.6 is 0 Å². The van der Waals surface area contributed by atoms with Crippen molar-refractivity contribution in [2.24, 2.45) is 22.2 Å².